The van der Waals surface area contributed by atoms with E-state index in [4.69, 9.17) is 11.6 Å². The predicted octanol–water partition coefficient (Wildman–Crippen LogP) is 3.09. The van der Waals surface area contributed by atoms with Gasteiger partial charge in [0.15, 0.2) is 5.78 Å². The summed E-state index contributed by atoms with van der Waals surface area (Å²) in [6.45, 7) is 0. The first kappa shape index (κ1) is 11.0. The van der Waals surface area contributed by atoms with Gasteiger partial charge in [0.2, 0.25) is 0 Å². The molecule has 0 N–H and O–H groups in total. The molecule has 0 aliphatic carbocycles. The van der Waals surface area contributed by atoms with Crippen LogP contribution < -0.4 is 0 Å². The normalized spacial score (nSPS) is 10.8. The average Bonchev–Trinajstić information content (AvgIpc) is 2.79. The second-order valence-electron chi connectivity index (χ2n) is 3.01. The van der Waals surface area contributed by atoms with Crippen LogP contribution in [0.5, 0.6) is 0 Å². The summed E-state index contributed by atoms with van der Waals surface area (Å²) >= 11 is 7.14. The highest BCUT2D eigenvalue weighted by molar-refractivity contribution is 7.03. The van der Waals surface area contributed by atoms with E-state index in [0.29, 0.717) is 16.3 Å². The largest absolute Gasteiger partial charge is 0.289 e. The highest BCUT2D eigenvalue weighted by Crippen LogP contribution is 2.16. The van der Waals surface area contributed by atoms with Crippen LogP contribution in [0.25, 0.3) is 6.08 Å². The van der Waals surface area contributed by atoms with Crippen LogP contribution in [-0.2, 0) is 0 Å². The summed E-state index contributed by atoms with van der Waals surface area (Å²) in [6.07, 6.45) is 3.06. The average molecular weight is 251 g/mol. The molecule has 0 unspecified atom stereocenters. The zero-order valence-electron chi connectivity index (χ0n) is 8.13. The molecule has 0 aliphatic rings. The molecule has 2 aromatic rings. The number of halogens is 1. The van der Waals surface area contributed by atoms with E-state index in [1.54, 1.807) is 35.7 Å². The summed E-state index contributed by atoms with van der Waals surface area (Å²) in [4.78, 5) is 11.7. The minimum absolute atomic E-state index is 0.140. The zero-order valence-corrected chi connectivity index (χ0v) is 9.70. The zero-order chi connectivity index (χ0) is 11.4. The van der Waals surface area contributed by atoms with Gasteiger partial charge in [0, 0.05) is 10.9 Å². The van der Waals surface area contributed by atoms with Crippen molar-refractivity contribution in [2.45, 2.75) is 0 Å². The van der Waals surface area contributed by atoms with E-state index in [0.717, 1.165) is 0 Å². The highest BCUT2D eigenvalue weighted by Gasteiger charge is 2.05. The van der Waals surface area contributed by atoms with Gasteiger partial charge in [-0.3, -0.25) is 4.79 Å². The van der Waals surface area contributed by atoms with Gasteiger partial charge in [-0.15, -0.1) is 5.10 Å². The maximum absolute atomic E-state index is 11.7. The Morgan fingerprint density at radius 3 is 2.88 bits per heavy atom. The van der Waals surface area contributed by atoms with E-state index in [1.165, 1.54) is 17.6 Å². The van der Waals surface area contributed by atoms with Crippen LogP contribution in [0, 0.1) is 0 Å². The molecule has 0 spiro atoms. The fourth-order valence-electron chi connectivity index (χ4n) is 1.16. The molecular formula is C11H7ClN2OS. The van der Waals surface area contributed by atoms with E-state index in [2.05, 4.69) is 9.59 Å². The summed E-state index contributed by atoms with van der Waals surface area (Å²) in [5, 5.41) is 6.01. The summed E-state index contributed by atoms with van der Waals surface area (Å²) in [7, 11) is 0. The summed E-state index contributed by atoms with van der Waals surface area (Å²) in [5.74, 6) is -0.140. The van der Waals surface area contributed by atoms with Crippen molar-refractivity contribution in [1.29, 1.82) is 0 Å². The number of rotatable bonds is 3. The second kappa shape index (κ2) is 5.01. The maximum Gasteiger partial charge on any atom is 0.187 e. The Kier molecular flexibility index (Phi) is 3.44. The Labute approximate surface area is 102 Å². The van der Waals surface area contributed by atoms with Crippen LogP contribution in [-0.4, -0.2) is 15.4 Å². The Balaban J connectivity index is 2.18. The quantitative estimate of drug-likeness (QED) is 0.621. The van der Waals surface area contributed by atoms with Crippen LogP contribution in [0.1, 0.15) is 16.1 Å². The van der Waals surface area contributed by atoms with Gasteiger partial charge in [-0.1, -0.05) is 28.2 Å². The van der Waals surface area contributed by atoms with Crippen LogP contribution in [0.4, 0.5) is 0 Å². The maximum atomic E-state index is 11.7. The van der Waals surface area contributed by atoms with Gasteiger partial charge < -0.3 is 0 Å². The lowest BCUT2D eigenvalue weighted by Crippen LogP contribution is -1.94. The van der Waals surface area contributed by atoms with Crippen LogP contribution in [0.15, 0.2) is 35.7 Å². The predicted molar refractivity (Wildman–Crippen MR) is 64.7 cm³/mol. The van der Waals surface area contributed by atoms with Crippen molar-refractivity contribution in [2.75, 3.05) is 0 Å². The van der Waals surface area contributed by atoms with Crippen molar-refractivity contribution in [2.24, 2.45) is 0 Å². The molecule has 0 aliphatic heterocycles. The minimum atomic E-state index is -0.140. The van der Waals surface area contributed by atoms with Crippen molar-refractivity contribution in [3.05, 3.63) is 52.0 Å². The number of nitrogens with zero attached hydrogens (tertiary/aromatic N) is 2. The fraction of sp³-hybridized carbons (Fsp3) is 0. The second-order valence-corrected chi connectivity index (χ2v) is 4.02. The Hall–Kier alpha value is -1.52. The molecule has 0 saturated heterocycles. The lowest BCUT2D eigenvalue weighted by atomic mass is 10.1. The van der Waals surface area contributed by atoms with Crippen LogP contribution in [0.3, 0.4) is 0 Å². The fourth-order valence-corrected chi connectivity index (χ4v) is 1.81. The summed E-state index contributed by atoms with van der Waals surface area (Å²) in [5.41, 5.74) is 1.16. The number of hydrogen-bond acceptors (Lipinski definition) is 4. The van der Waals surface area contributed by atoms with Gasteiger partial charge in [-0.05, 0) is 35.8 Å². The number of carbonyl (C=O) groups is 1. The first-order chi connectivity index (χ1) is 7.77. The number of carbonyl (C=O) groups excluding carboxylic acids is 1. The third-order valence-electron chi connectivity index (χ3n) is 1.92. The van der Waals surface area contributed by atoms with Crippen LogP contribution >= 0.6 is 23.1 Å². The molecule has 0 atom stereocenters. The molecule has 2 rings (SSSR count). The van der Waals surface area contributed by atoms with Crippen molar-refractivity contribution in [1.82, 2.24) is 9.59 Å². The first-order valence-corrected chi connectivity index (χ1v) is 5.73. The lowest BCUT2D eigenvalue weighted by molar-refractivity contribution is 0.104. The molecule has 1 aromatic carbocycles. The Morgan fingerprint density at radius 1 is 1.38 bits per heavy atom. The van der Waals surface area contributed by atoms with Crippen molar-refractivity contribution < 1.29 is 4.79 Å². The topological polar surface area (TPSA) is 42.9 Å². The van der Waals surface area contributed by atoms with Crippen molar-refractivity contribution in [3.8, 4) is 0 Å². The minimum Gasteiger partial charge on any atom is -0.289 e. The first-order valence-electron chi connectivity index (χ1n) is 4.51. The van der Waals surface area contributed by atoms with E-state index in [1.807, 2.05) is 0 Å². The number of allylic oxidation sites excluding steroid dienone is 1. The van der Waals surface area contributed by atoms with Gasteiger partial charge in [-0.25, -0.2) is 0 Å². The van der Waals surface area contributed by atoms with Crippen LogP contribution in [0.2, 0.25) is 5.02 Å². The van der Waals surface area contributed by atoms with Gasteiger partial charge in [0.05, 0.1) is 10.7 Å². The third kappa shape index (κ3) is 2.53. The monoisotopic (exact) mass is 250 g/mol. The standard InChI is InChI=1S/C11H7ClN2OS/c12-10-4-2-1-3-9(10)11(15)6-5-8-7-16-14-13-8/h1-7H/b6-5+. The summed E-state index contributed by atoms with van der Waals surface area (Å²) in [6, 6.07) is 6.94. The van der Waals surface area contributed by atoms with Crippen molar-refractivity contribution in [3.63, 3.8) is 0 Å². The lowest BCUT2D eigenvalue weighted by Gasteiger charge is -1.97. The molecule has 0 saturated carbocycles. The molecule has 80 valence electrons. The van der Waals surface area contributed by atoms with E-state index in [-0.39, 0.29) is 5.78 Å². The smallest absolute Gasteiger partial charge is 0.187 e. The Bertz CT molecular complexity index is 523. The number of hydrogen-bond donors (Lipinski definition) is 0. The van der Waals surface area contributed by atoms with E-state index >= 15 is 0 Å². The van der Waals surface area contributed by atoms with Gasteiger partial charge in [0.1, 0.15) is 0 Å². The number of aromatic nitrogens is 2. The molecule has 1 aromatic heterocycles. The van der Waals surface area contributed by atoms with Gasteiger partial charge in [0.25, 0.3) is 0 Å². The van der Waals surface area contributed by atoms with Gasteiger partial charge in [-0.2, -0.15) is 0 Å². The molecule has 16 heavy (non-hydrogen) atoms. The van der Waals surface area contributed by atoms with Crippen molar-refractivity contribution >= 4 is 35.0 Å². The molecular weight excluding hydrogens is 244 g/mol. The molecule has 0 bridgehead atoms. The molecule has 3 nitrogen and oxygen atoms in total. The molecule has 5 heteroatoms. The summed E-state index contributed by atoms with van der Waals surface area (Å²) < 4.78 is 3.69. The molecule has 0 amide bonds. The molecule has 0 radical (unpaired) electrons. The Morgan fingerprint density at radius 2 is 2.19 bits per heavy atom. The van der Waals surface area contributed by atoms with E-state index in [9.17, 15) is 4.79 Å². The number of ketones is 1. The third-order valence-corrected chi connectivity index (χ3v) is 2.77. The molecule has 1 heterocycles. The van der Waals surface area contributed by atoms with E-state index < -0.39 is 0 Å². The SMILES string of the molecule is O=C(/C=C/c1csnn1)c1ccccc1Cl. The molecule has 0 fully saturated rings. The van der Waals surface area contributed by atoms with Gasteiger partial charge >= 0.3 is 0 Å². The number of benzene rings is 1. The highest BCUT2D eigenvalue weighted by atomic mass is 35.5.